The molecule has 0 bridgehead atoms. The quantitative estimate of drug-likeness (QED) is 0.898. The minimum absolute atomic E-state index is 0.123. The van der Waals surface area contributed by atoms with Crippen molar-refractivity contribution in [1.29, 1.82) is 0 Å². The van der Waals surface area contributed by atoms with Gasteiger partial charge in [-0.3, -0.25) is 9.78 Å². The highest BCUT2D eigenvalue weighted by Gasteiger charge is 2.39. The number of carbonyl (C=O) groups excluding carboxylic acids is 1. The molecule has 2 N–H and O–H groups in total. The first-order valence-corrected chi connectivity index (χ1v) is 7.31. The van der Waals surface area contributed by atoms with E-state index >= 15 is 0 Å². The number of rotatable bonds is 4. The predicted octanol–water partition coefficient (Wildman–Crippen LogP) is 2.62. The molecule has 0 spiro atoms. The highest BCUT2D eigenvalue weighted by molar-refractivity contribution is 5.97. The number of alkyl halides is 2. The van der Waals surface area contributed by atoms with Crippen LogP contribution < -0.4 is 10.1 Å². The molecule has 1 fully saturated rings. The van der Waals surface area contributed by atoms with E-state index in [4.69, 9.17) is 0 Å². The number of aromatic nitrogens is 1. The third-order valence-electron chi connectivity index (χ3n) is 3.92. The Hall–Kier alpha value is -2.35. The van der Waals surface area contributed by atoms with Crippen LogP contribution in [-0.2, 0) is 0 Å². The summed E-state index contributed by atoms with van der Waals surface area (Å²) in [6, 6.07) is 3.35. The summed E-state index contributed by atoms with van der Waals surface area (Å²) in [6.45, 7) is -1.45. The number of amides is 1. The van der Waals surface area contributed by atoms with Crippen LogP contribution in [0.3, 0.4) is 0 Å². The van der Waals surface area contributed by atoms with Gasteiger partial charge in [0.05, 0.1) is 16.7 Å². The Morgan fingerprint density at radius 1 is 1.42 bits per heavy atom. The fraction of sp³-hybridized carbons (Fsp3) is 0.375. The Morgan fingerprint density at radius 2 is 2.12 bits per heavy atom. The lowest BCUT2D eigenvalue weighted by atomic mass is 9.77. The summed E-state index contributed by atoms with van der Waals surface area (Å²) in [5.41, 5.74) is -0.310. The maximum Gasteiger partial charge on any atom is 0.387 e. The first-order valence-electron chi connectivity index (χ1n) is 7.31. The fourth-order valence-electron chi connectivity index (χ4n) is 2.81. The Bertz CT molecular complexity index is 787. The summed E-state index contributed by atoms with van der Waals surface area (Å²) in [7, 11) is 0. The van der Waals surface area contributed by atoms with E-state index in [9.17, 15) is 23.1 Å². The maximum atomic E-state index is 13.8. The van der Waals surface area contributed by atoms with E-state index in [1.54, 1.807) is 6.92 Å². The second kappa shape index (κ2) is 5.94. The zero-order valence-corrected chi connectivity index (χ0v) is 12.7. The number of hydrogen-bond donors (Lipinski definition) is 2. The van der Waals surface area contributed by atoms with Crippen LogP contribution in [0.1, 0.15) is 30.1 Å². The molecular weight excluding hydrogens is 325 g/mol. The molecule has 8 heteroatoms. The van der Waals surface area contributed by atoms with E-state index in [0.29, 0.717) is 18.2 Å². The Kier molecular flexibility index (Phi) is 4.08. The molecule has 2 aromatic rings. The molecule has 1 aliphatic carbocycles. The number of carbonyl (C=O) groups is 1. The highest BCUT2D eigenvalue weighted by Crippen LogP contribution is 2.31. The average molecular weight is 340 g/mol. The van der Waals surface area contributed by atoms with Gasteiger partial charge in [0.25, 0.3) is 5.91 Å². The van der Waals surface area contributed by atoms with Crippen LogP contribution in [0, 0.1) is 5.82 Å². The number of fused-ring (bicyclic) bond motifs is 1. The third kappa shape index (κ3) is 3.43. The minimum atomic E-state index is -3.14. The van der Waals surface area contributed by atoms with Gasteiger partial charge in [-0.25, -0.2) is 4.39 Å². The summed E-state index contributed by atoms with van der Waals surface area (Å²) in [4.78, 5) is 16.1. The van der Waals surface area contributed by atoms with Gasteiger partial charge >= 0.3 is 6.61 Å². The third-order valence-corrected chi connectivity index (χ3v) is 3.92. The van der Waals surface area contributed by atoms with Crippen molar-refractivity contribution in [1.82, 2.24) is 10.3 Å². The van der Waals surface area contributed by atoms with E-state index in [-0.39, 0.29) is 17.1 Å². The summed E-state index contributed by atoms with van der Waals surface area (Å²) in [5, 5.41) is 12.7. The van der Waals surface area contributed by atoms with Crippen LogP contribution in [0.4, 0.5) is 13.2 Å². The van der Waals surface area contributed by atoms with Gasteiger partial charge in [-0.15, -0.1) is 0 Å². The first kappa shape index (κ1) is 16.5. The molecule has 128 valence electrons. The molecule has 5 nitrogen and oxygen atoms in total. The number of halogens is 3. The zero-order valence-electron chi connectivity index (χ0n) is 12.7. The Balaban J connectivity index is 1.79. The second-order valence-electron chi connectivity index (χ2n) is 6.15. The standard InChI is InChI=1S/C16H15F3N2O3/c1-16(23)5-10(6-16)21-14(22)9-2-8-3-11(17)13(24-15(18)19)4-12(8)20-7-9/h2-4,7,10,15,23H,5-6H2,1H3,(H,21,22). The van der Waals surface area contributed by atoms with E-state index in [1.807, 2.05) is 0 Å². The molecule has 1 amide bonds. The van der Waals surface area contributed by atoms with Gasteiger partial charge in [0.2, 0.25) is 0 Å². The number of hydrogen-bond acceptors (Lipinski definition) is 4. The number of pyridine rings is 1. The smallest absolute Gasteiger partial charge is 0.387 e. The molecule has 1 saturated carbocycles. The summed E-state index contributed by atoms with van der Waals surface area (Å²) >= 11 is 0. The lowest BCUT2D eigenvalue weighted by Gasteiger charge is -2.41. The molecule has 1 aromatic carbocycles. The molecule has 0 aliphatic heterocycles. The van der Waals surface area contributed by atoms with Crippen molar-refractivity contribution in [2.45, 2.75) is 38.0 Å². The molecular formula is C16H15F3N2O3. The lowest BCUT2D eigenvalue weighted by Crippen LogP contribution is -2.53. The van der Waals surface area contributed by atoms with Crippen LogP contribution in [0.25, 0.3) is 10.9 Å². The van der Waals surface area contributed by atoms with Crippen molar-refractivity contribution in [3.8, 4) is 5.75 Å². The van der Waals surface area contributed by atoms with Crippen molar-refractivity contribution in [2.24, 2.45) is 0 Å². The normalized spacial score (nSPS) is 23.2. The van der Waals surface area contributed by atoms with Crippen LogP contribution >= 0.6 is 0 Å². The van der Waals surface area contributed by atoms with Gasteiger partial charge < -0.3 is 15.2 Å². The predicted molar refractivity (Wildman–Crippen MR) is 79.4 cm³/mol. The number of ether oxygens (including phenoxy) is 1. The van der Waals surface area contributed by atoms with Gasteiger partial charge in [0, 0.05) is 23.7 Å². The van der Waals surface area contributed by atoms with Crippen molar-refractivity contribution < 1.29 is 27.8 Å². The highest BCUT2D eigenvalue weighted by atomic mass is 19.3. The summed E-state index contributed by atoms with van der Waals surface area (Å²) < 4.78 is 42.2. The van der Waals surface area contributed by atoms with Crippen LogP contribution in [0.15, 0.2) is 24.4 Å². The Labute approximate surface area is 135 Å². The number of nitrogens with zero attached hydrogens (tertiary/aromatic N) is 1. The van der Waals surface area contributed by atoms with Gasteiger partial charge in [0.1, 0.15) is 0 Å². The molecule has 0 saturated heterocycles. The van der Waals surface area contributed by atoms with Gasteiger partial charge in [-0.1, -0.05) is 0 Å². The van der Waals surface area contributed by atoms with Crippen LogP contribution in [0.5, 0.6) is 5.75 Å². The Morgan fingerprint density at radius 3 is 2.75 bits per heavy atom. The summed E-state index contributed by atoms with van der Waals surface area (Å²) in [6.07, 6.45) is 2.20. The molecule has 0 radical (unpaired) electrons. The number of nitrogens with one attached hydrogen (secondary N) is 1. The number of benzene rings is 1. The molecule has 1 aliphatic rings. The van der Waals surface area contributed by atoms with Gasteiger partial charge in [-0.2, -0.15) is 8.78 Å². The van der Waals surface area contributed by atoms with Crippen LogP contribution in [0.2, 0.25) is 0 Å². The maximum absolute atomic E-state index is 13.8. The van der Waals surface area contributed by atoms with Crippen molar-refractivity contribution in [3.63, 3.8) is 0 Å². The molecule has 0 unspecified atom stereocenters. The largest absolute Gasteiger partial charge is 0.432 e. The topological polar surface area (TPSA) is 71.5 Å². The van der Waals surface area contributed by atoms with E-state index in [0.717, 1.165) is 12.1 Å². The van der Waals surface area contributed by atoms with Crippen molar-refractivity contribution >= 4 is 16.8 Å². The summed E-state index contributed by atoms with van der Waals surface area (Å²) in [5.74, 6) is -1.95. The van der Waals surface area contributed by atoms with Gasteiger partial charge in [-0.05, 0) is 31.9 Å². The molecule has 24 heavy (non-hydrogen) atoms. The molecule has 1 aromatic heterocycles. The average Bonchev–Trinajstić information content (AvgIpc) is 2.45. The first-order chi connectivity index (χ1) is 11.2. The molecule has 0 atom stereocenters. The second-order valence-corrected chi connectivity index (χ2v) is 6.15. The monoisotopic (exact) mass is 340 g/mol. The number of aliphatic hydroxyl groups is 1. The van der Waals surface area contributed by atoms with E-state index < -0.39 is 29.7 Å². The van der Waals surface area contributed by atoms with Crippen molar-refractivity contribution in [2.75, 3.05) is 0 Å². The minimum Gasteiger partial charge on any atom is -0.432 e. The van der Waals surface area contributed by atoms with E-state index in [1.165, 1.54) is 12.3 Å². The van der Waals surface area contributed by atoms with E-state index in [2.05, 4.69) is 15.0 Å². The fourth-order valence-corrected chi connectivity index (χ4v) is 2.81. The lowest BCUT2D eigenvalue weighted by molar-refractivity contribution is -0.0521. The van der Waals surface area contributed by atoms with Crippen LogP contribution in [-0.4, -0.2) is 34.3 Å². The molecule has 3 rings (SSSR count). The van der Waals surface area contributed by atoms with Gasteiger partial charge in [0.15, 0.2) is 11.6 Å². The zero-order chi connectivity index (χ0) is 17.5. The SMILES string of the molecule is CC1(O)CC(NC(=O)c2cnc3cc(OC(F)F)c(F)cc3c2)C1. The van der Waals surface area contributed by atoms with Crippen molar-refractivity contribution in [3.05, 3.63) is 35.8 Å². The molecule has 1 heterocycles.